The topological polar surface area (TPSA) is 411 Å². The number of esters is 2. The summed E-state index contributed by atoms with van der Waals surface area (Å²) < 4.78 is 70.2. The molecular weight excluding hydrogens is 1450 g/mol. The van der Waals surface area contributed by atoms with Crippen LogP contribution in [0.4, 0.5) is 21.0 Å². The highest BCUT2D eigenvalue weighted by Gasteiger charge is 2.59. The number of aliphatic hydroxyl groups is 1. The first kappa shape index (κ1) is 74.1. The first-order valence-electron chi connectivity index (χ1n) is 33.1. The summed E-state index contributed by atoms with van der Waals surface area (Å²) in [5.41, 5.74) is 5.46. The van der Waals surface area contributed by atoms with E-state index < -0.39 is 141 Å². The predicted octanol–water partition coefficient (Wildman–Crippen LogP) is 7.98. The summed E-state index contributed by atoms with van der Waals surface area (Å²) in [5.74, 6) is -4.37. The third kappa shape index (κ3) is 14.6. The number of aryl methyl sites for hydroxylation is 1. The molecule has 1 saturated heterocycles. The highest BCUT2D eigenvalue weighted by molar-refractivity contribution is 8.76. The zero-order valence-corrected chi connectivity index (χ0v) is 60.3. The number of anilines is 1. The molecule has 4 bridgehead atoms. The van der Waals surface area contributed by atoms with Crippen LogP contribution in [0.5, 0.6) is 40.2 Å². The van der Waals surface area contributed by atoms with E-state index in [9.17, 15) is 59.0 Å². The zero-order chi connectivity index (χ0) is 74.3. The molecule has 7 aliphatic heterocycles. The van der Waals surface area contributed by atoms with Crippen molar-refractivity contribution in [2.75, 3.05) is 90.1 Å². The second-order valence-electron chi connectivity index (χ2n) is 25.5. The molecular formula is C70H72N7O24PS3. The number of amides is 3. The van der Waals surface area contributed by atoms with Gasteiger partial charge in [0, 0.05) is 88.9 Å². The van der Waals surface area contributed by atoms with Crippen molar-refractivity contribution in [3.63, 3.8) is 0 Å². The van der Waals surface area contributed by atoms with Crippen LogP contribution in [0.25, 0.3) is 11.1 Å². The molecule has 554 valence electrons. The minimum absolute atomic E-state index is 0.0859. The monoisotopic (exact) mass is 1520 g/mol. The van der Waals surface area contributed by atoms with Crippen molar-refractivity contribution in [3.05, 3.63) is 151 Å². The summed E-state index contributed by atoms with van der Waals surface area (Å²) in [4.78, 5) is 122. The molecule has 8 atom stereocenters. The fraction of sp³-hybridized carbons (Fsp3) is 0.386. The number of nitrogens with one attached hydrogen (secondary N) is 3. The molecule has 31 nitrogen and oxygen atoms in total. The van der Waals surface area contributed by atoms with Gasteiger partial charge < -0.3 is 78.4 Å². The molecule has 0 saturated carbocycles. The lowest BCUT2D eigenvalue weighted by atomic mass is 9.77. The van der Waals surface area contributed by atoms with Crippen molar-refractivity contribution in [1.82, 2.24) is 20.9 Å². The molecule has 6 aromatic carbocycles. The van der Waals surface area contributed by atoms with Crippen molar-refractivity contribution in [3.8, 4) is 51.4 Å². The number of phosphoric ester groups is 1. The summed E-state index contributed by atoms with van der Waals surface area (Å²) in [7, 11) is -0.320. The van der Waals surface area contributed by atoms with E-state index in [1.54, 1.807) is 13.1 Å². The lowest BCUT2D eigenvalue weighted by Crippen LogP contribution is -2.60. The number of nitro groups is 1. The number of phenolic OH excluding ortho intramolecular Hbond substituents is 1. The van der Waals surface area contributed by atoms with Gasteiger partial charge in [0.25, 0.3) is 5.69 Å². The van der Waals surface area contributed by atoms with Gasteiger partial charge in [0.2, 0.25) is 12.7 Å². The first-order chi connectivity index (χ1) is 50.4. The smallest absolute Gasteiger partial charge is 0.469 e. The number of hydrogen-bond acceptors (Lipinski definition) is 27. The molecule has 0 aromatic heterocycles. The second-order valence-corrected chi connectivity index (χ2v) is 30.3. The van der Waals surface area contributed by atoms with Gasteiger partial charge in [-0.2, -0.15) is 0 Å². The van der Waals surface area contributed by atoms with E-state index in [1.807, 2.05) is 66.4 Å². The van der Waals surface area contributed by atoms with Crippen LogP contribution in [0.1, 0.15) is 85.8 Å². The number of phenols is 1. The molecule has 14 rings (SSSR count). The number of nitrogens with zero attached hydrogens (tertiary/aromatic N) is 4. The van der Waals surface area contributed by atoms with Crippen molar-refractivity contribution in [2.45, 2.75) is 85.6 Å². The number of hydrogen-bond donors (Lipinski definition) is 8. The number of aliphatic hydroxyl groups excluding tert-OH is 1. The summed E-state index contributed by atoms with van der Waals surface area (Å²) in [6, 6.07) is 19.6. The van der Waals surface area contributed by atoms with Gasteiger partial charge in [0.1, 0.15) is 37.8 Å². The van der Waals surface area contributed by atoms with Gasteiger partial charge >= 0.3 is 37.9 Å². The van der Waals surface area contributed by atoms with Crippen LogP contribution in [-0.2, 0) is 60.9 Å². The quantitative estimate of drug-likeness (QED) is 0.00573. The average molecular weight is 1520 g/mol. The molecule has 1 aliphatic carbocycles. The molecule has 7 heterocycles. The summed E-state index contributed by atoms with van der Waals surface area (Å²) in [5, 5.41) is 54.9. The lowest BCUT2D eigenvalue weighted by molar-refractivity contribution is -0.384. The number of ether oxygens (including phenoxy) is 9. The summed E-state index contributed by atoms with van der Waals surface area (Å²) >= 11 is 1.27. The number of carbonyl (C=O) groups is 6. The predicted molar refractivity (Wildman–Crippen MR) is 380 cm³/mol. The Labute approximate surface area is 611 Å². The Hall–Kier alpha value is -9.19. The second kappa shape index (κ2) is 30.7. The number of carboxylic acids is 1. The number of nitro benzene ring substituents is 1. The number of methoxy groups -OCH3 is 2. The Morgan fingerprint density at radius 2 is 1.67 bits per heavy atom. The van der Waals surface area contributed by atoms with Crippen LogP contribution >= 0.6 is 41.2 Å². The van der Waals surface area contributed by atoms with Crippen molar-refractivity contribution in [2.24, 2.45) is 10.9 Å². The Balaban J connectivity index is 0.813. The number of carbonyl (C=O) groups excluding carboxylic acids is 5. The van der Waals surface area contributed by atoms with E-state index in [1.165, 1.54) is 51.1 Å². The summed E-state index contributed by atoms with van der Waals surface area (Å²) in [6.07, 6.45) is -1.26. The third-order valence-corrected chi connectivity index (χ3v) is 23.7. The number of aliphatic carboxylic acids is 1. The van der Waals surface area contributed by atoms with E-state index in [-0.39, 0.29) is 89.5 Å². The summed E-state index contributed by atoms with van der Waals surface area (Å²) in [6.45, 7) is 1.47. The van der Waals surface area contributed by atoms with Gasteiger partial charge in [-0.05, 0) is 89.4 Å². The molecule has 105 heavy (non-hydrogen) atoms. The number of carboxylic acid groups (broad SMARTS) is 1. The van der Waals surface area contributed by atoms with E-state index >= 15 is 9.59 Å². The van der Waals surface area contributed by atoms with E-state index in [0.717, 1.165) is 66.4 Å². The fourth-order valence-corrected chi connectivity index (χ4v) is 19.3. The maximum absolute atomic E-state index is 15.6. The highest BCUT2D eigenvalue weighted by atomic mass is 33.1. The number of non-ortho nitro benzene ring substituents is 1. The molecule has 0 radical (unpaired) electrons. The maximum atomic E-state index is 15.6. The van der Waals surface area contributed by atoms with Crippen molar-refractivity contribution < 1.29 is 111 Å². The number of phosphoric acid groups is 1. The molecule has 8 N–H and O–H groups in total. The average Bonchev–Trinajstić information content (AvgIpc) is 1.69. The molecule has 8 aliphatic rings. The molecule has 35 heteroatoms. The molecule has 8 unspecified atom stereocenters. The highest BCUT2D eigenvalue weighted by Crippen LogP contribution is 2.64. The van der Waals surface area contributed by atoms with Gasteiger partial charge in [-0.15, -0.1) is 11.8 Å². The van der Waals surface area contributed by atoms with E-state index in [4.69, 9.17) is 47.6 Å². The van der Waals surface area contributed by atoms with Crippen LogP contribution in [-0.4, -0.2) is 181 Å². The van der Waals surface area contributed by atoms with Crippen LogP contribution in [0.3, 0.4) is 0 Å². The minimum atomic E-state index is -4.93. The first-order valence-corrected chi connectivity index (χ1v) is 38.0. The number of alkyl carbamates (subject to hydrolysis) is 1. The van der Waals surface area contributed by atoms with Gasteiger partial charge in [0.05, 0.1) is 68.0 Å². The normalized spacial score (nSPS) is 21.2. The van der Waals surface area contributed by atoms with Crippen LogP contribution in [0, 0.1) is 29.9 Å². The number of fused-ring (bicyclic) bond motifs is 12. The van der Waals surface area contributed by atoms with Crippen LogP contribution in [0.2, 0.25) is 0 Å². The Bertz CT molecular complexity index is 4540. The largest absolute Gasteiger partial charge is 0.504 e. The Morgan fingerprint density at radius 1 is 0.924 bits per heavy atom. The molecule has 3 amide bonds. The Kier molecular flexibility index (Phi) is 21.7. The van der Waals surface area contributed by atoms with Gasteiger partial charge in [-0.1, -0.05) is 76.2 Å². The fourth-order valence-electron chi connectivity index (χ4n) is 14.9. The number of aromatic hydroxyl groups is 1. The molecule has 1 fully saturated rings. The molecule has 1 spiro atoms. The number of rotatable bonds is 23. The van der Waals surface area contributed by atoms with Gasteiger partial charge in [0.15, 0.2) is 40.0 Å². The van der Waals surface area contributed by atoms with E-state index in [2.05, 4.69) is 20.5 Å². The number of benzene rings is 6. The zero-order valence-electron chi connectivity index (χ0n) is 56.9. The lowest BCUT2D eigenvalue weighted by Gasteiger charge is -2.53. The Morgan fingerprint density at radius 3 is 2.37 bits per heavy atom. The van der Waals surface area contributed by atoms with Crippen LogP contribution < -0.4 is 49.3 Å². The standard InChI is InChI=1S/C70H72N7O24PS3/c1-34-22-38-23-39-27-72-57(54(38)59(81)60(34)93-5)58-64-56-55(63-62(97-33-98-63)35(2)61(56)100-36(3)78)49(76(58)66(39)83)29-95-67(84)70(32-103-64)46-26-50(92-4)51(24-37(46)16-17-73-70)101-69(86)75(19-21-94-30-53(79)80)48-25-40(77(87)88)14-15-52(48)105-104-31-47(65(82)71-18-20-99-102(89,90)91)74-68(85)96-28-45-43-12-8-6-10-41(43)42-11-7-9-13-44(42)45/h6-15,22,24-27,39,45,47,49,57-58,64,66,73,81,83H,16-21,23,28-33H2,1-5H3,(H,71,82)(H,74,85)(H,79,80)(H2,89,90,91). The maximum Gasteiger partial charge on any atom is 0.469 e. The SMILES string of the molecule is COc1cc2c(cc1OC(=O)N(CCOCC(=O)O)c1cc([N+](=O)[O-])ccc1SSCC(NC(=O)OCC1c3ccccc3-c3ccccc31)C(=O)NCCOP(=O)(O)O)CCNC21CSC2c3c(OC(C)=O)c(C)c4c(c3C(COC1=O)N1C(O)C3C=NC(c5c(cc(C)c(OC)c5O)C3)C21)OCO4. The van der Waals surface area contributed by atoms with Crippen LogP contribution in [0.15, 0.2) is 94.8 Å². The van der Waals surface area contributed by atoms with E-state index in [0.29, 0.717) is 50.4 Å². The van der Waals surface area contributed by atoms with Crippen molar-refractivity contribution >= 4 is 94.8 Å². The van der Waals surface area contributed by atoms with Crippen molar-refractivity contribution in [1.29, 1.82) is 0 Å². The minimum Gasteiger partial charge on any atom is -0.504 e. The van der Waals surface area contributed by atoms with Gasteiger partial charge in [-0.3, -0.25) is 44.3 Å². The number of aliphatic imine (C=N–C) groups is 1. The third-order valence-electron chi connectivity index (χ3n) is 19.3. The van der Waals surface area contributed by atoms with Gasteiger partial charge in [-0.25, -0.2) is 23.7 Å². The molecule has 6 aromatic rings. The number of thioether (sulfide) groups is 1.